The zero-order chi connectivity index (χ0) is 12.4. The molecule has 1 aromatic heterocycles. The summed E-state index contributed by atoms with van der Waals surface area (Å²) in [5, 5.41) is 8.17. The number of H-pyrrole nitrogens is 1. The summed E-state index contributed by atoms with van der Waals surface area (Å²) in [6, 6.07) is 4.19. The van der Waals surface area contributed by atoms with Crippen molar-refractivity contribution in [3.63, 3.8) is 0 Å². The number of carbonyl (C=O) groups is 1. The first kappa shape index (κ1) is 11.5. The Morgan fingerprint density at radius 2 is 2.29 bits per heavy atom. The fraction of sp³-hybridized carbons (Fsp3) is 0. The third kappa shape index (κ3) is 2.59. The average Bonchev–Trinajstić information content (AvgIpc) is 2.70. The Hall–Kier alpha value is -1.96. The Bertz CT molecular complexity index is 570. The largest absolute Gasteiger partial charge is 0.366 e. The van der Waals surface area contributed by atoms with Crippen LogP contribution in [-0.4, -0.2) is 21.1 Å². The van der Waals surface area contributed by atoms with Crippen molar-refractivity contribution in [1.29, 1.82) is 0 Å². The van der Waals surface area contributed by atoms with Gasteiger partial charge in [-0.2, -0.15) is 4.98 Å². The van der Waals surface area contributed by atoms with E-state index in [1.54, 1.807) is 0 Å². The first-order valence-corrected chi connectivity index (χ1v) is 5.30. The topological polar surface area (TPSA) is 96.7 Å². The Morgan fingerprint density at radius 1 is 1.53 bits per heavy atom. The molecule has 0 spiro atoms. The van der Waals surface area contributed by atoms with Crippen LogP contribution in [0.2, 0.25) is 0 Å². The molecule has 88 valence electrons. The van der Waals surface area contributed by atoms with Gasteiger partial charge in [-0.15, -0.1) is 5.10 Å². The van der Waals surface area contributed by atoms with Gasteiger partial charge in [0, 0.05) is 4.47 Å². The summed E-state index contributed by atoms with van der Waals surface area (Å²) >= 11 is 3.17. The molecule has 1 heterocycles. The minimum absolute atomic E-state index is 0.0411. The minimum atomic E-state index is -0.619. The van der Waals surface area contributed by atoms with Gasteiger partial charge in [0.25, 0.3) is 5.91 Å². The summed E-state index contributed by atoms with van der Waals surface area (Å²) in [7, 11) is 0. The van der Waals surface area contributed by atoms with Gasteiger partial charge in [-0.3, -0.25) is 9.89 Å². The van der Waals surface area contributed by atoms with Gasteiger partial charge >= 0.3 is 0 Å². The number of aromatic nitrogens is 3. The normalized spacial score (nSPS) is 10.2. The summed E-state index contributed by atoms with van der Waals surface area (Å²) in [6.45, 7) is 0. The van der Waals surface area contributed by atoms with Gasteiger partial charge in [0.2, 0.25) is 11.8 Å². The van der Waals surface area contributed by atoms with Crippen LogP contribution in [0.4, 0.5) is 16.0 Å². The van der Waals surface area contributed by atoms with Crippen molar-refractivity contribution in [2.45, 2.75) is 0 Å². The van der Waals surface area contributed by atoms with E-state index in [4.69, 9.17) is 5.73 Å². The zero-order valence-corrected chi connectivity index (χ0v) is 9.95. The first-order chi connectivity index (χ1) is 8.06. The summed E-state index contributed by atoms with van der Waals surface area (Å²) in [4.78, 5) is 15.2. The van der Waals surface area contributed by atoms with Gasteiger partial charge in [-0.1, -0.05) is 15.9 Å². The van der Waals surface area contributed by atoms with E-state index in [0.717, 1.165) is 0 Å². The van der Waals surface area contributed by atoms with Crippen molar-refractivity contribution in [3.8, 4) is 0 Å². The molecule has 0 radical (unpaired) electrons. The number of anilines is 2. The molecule has 6 nitrogen and oxygen atoms in total. The molecule has 0 fully saturated rings. The molecule has 0 atom stereocenters. The van der Waals surface area contributed by atoms with Crippen LogP contribution in [-0.2, 0) is 0 Å². The lowest BCUT2D eigenvalue weighted by atomic mass is 10.3. The van der Waals surface area contributed by atoms with Gasteiger partial charge in [0.05, 0.1) is 5.69 Å². The molecule has 2 aromatic rings. The van der Waals surface area contributed by atoms with Crippen molar-refractivity contribution < 1.29 is 9.18 Å². The van der Waals surface area contributed by atoms with Crippen molar-refractivity contribution in [1.82, 2.24) is 15.2 Å². The van der Waals surface area contributed by atoms with Crippen LogP contribution in [0.5, 0.6) is 0 Å². The van der Waals surface area contributed by atoms with Crippen LogP contribution < -0.4 is 11.1 Å². The third-order valence-electron chi connectivity index (χ3n) is 1.89. The number of amides is 1. The molecule has 1 amide bonds. The highest BCUT2D eigenvalue weighted by Crippen LogP contribution is 2.20. The molecule has 0 unspecified atom stereocenters. The molecule has 0 aliphatic rings. The lowest BCUT2D eigenvalue weighted by Gasteiger charge is -2.04. The number of hydrogen-bond donors (Lipinski definition) is 3. The van der Waals surface area contributed by atoms with Gasteiger partial charge in [0.1, 0.15) is 5.82 Å². The Morgan fingerprint density at radius 3 is 2.94 bits per heavy atom. The van der Waals surface area contributed by atoms with E-state index in [-0.39, 0.29) is 17.5 Å². The molecule has 8 heteroatoms. The van der Waals surface area contributed by atoms with E-state index >= 15 is 0 Å². The van der Waals surface area contributed by atoms with Crippen molar-refractivity contribution in [3.05, 3.63) is 34.3 Å². The first-order valence-electron chi connectivity index (χ1n) is 4.50. The predicted molar refractivity (Wildman–Crippen MR) is 62.8 cm³/mol. The summed E-state index contributed by atoms with van der Waals surface area (Å²) in [5.74, 6) is -1.30. The van der Waals surface area contributed by atoms with E-state index in [0.29, 0.717) is 4.47 Å². The third-order valence-corrected chi connectivity index (χ3v) is 2.39. The number of rotatable bonds is 2. The second-order valence-corrected chi connectivity index (χ2v) is 4.04. The molecule has 4 N–H and O–H groups in total. The number of benzene rings is 1. The van der Waals surface area contributed by atoms with Gasteiger partial charge < -0.3 is 11.1 Å². The van der Waals surface area contributed by atoms with Crippen LogP contribution >= 0.6 is 15.9 Å². The lowest BCUT2D eigenvalue weighted by molar-refractivity contribution is 0.101. The zero-order valence-electron chi connectivity index (χ0n) is 8.37. The smallest absolute Gasteiger partial charge is 0.293 e. The maximum Gasteiger partial charge on any atom is 0.293 e. The molecule has 17 heavy (non-hydrogen) atoms. The summed E-state index contributed by atoms with van der Waals surface area (Å²) in [5.41, 5.74) is 5.29. The number of carbonyl (C=O) groups excluding carboxylic acids is 1. The van der Waals surface area contributed by atoms with E-state index in [1.807, 2.05) is 0 Å². The number of nitrogens with zero attached hydrogens (tertiary/aromatic N) is 2. The number of nitrogen functional groups attached to an aromatic ring is 1. The predicted octanol–water partition coefficient (Wildman–Crippen LogP) is 1.54. The van der Waals surface area contributed by atoms with Gasteiger partial charge in [-0.25, -0.2) is 4.39 Å². The number of nitrogens with two attached hydrogens (primary N) is 1. The van der Waals surface area contributed by atoms with Crippen LogP contribution in [0.1, 0.15) is 10.6 Å². The van der Waals surface area contributed by atoms with Crippen LogP contribution in [0.3, 0.4) is 0 Å². The quantitative estimate of drug-likeness (QED) is 0.783. The van der Waals surface area contributed by atoms with E-state index in [2.05, 4.69) is 36.4 Å². The molecule has 0 aliphatic carbocycles. The highest BCUT2D eigenvalue weighted by atomic mass is 79.9. The number of nitrogens with one attached hydrogen (secondary N) is 2. The van der Waals surface area contributed by atoms with Crippen LogP contribution in [0.15, 0.2) is 22.7 Å². The summed E-state index contributed by atoms with van der Waals surface area (Å²) in [6.07, 6.45) is 0. The average molecular weight is 300 g/mol. The fourth-order valence-corrected chi connectivity index (χ4v) is 1.51. The van der Waals surface area contributed by atoms with Crippen molar-refractivity contribution in [2.75, 3.05) is 11.1 Å². The maximum absolute atomic E-state index is 13.3. The van der Waals surface area contributed by atoms with E-state index in [1.165, 1.54) is 18.2 Å². The van der Waals surface area contributed by atoms with Crippen molar-refractivity contribution >= 4 is 33.5 Å². The van der Waals surface area contributed by atoms with Crippen LogP contribution in [0.25, 0.3) is 0 Å². The molecule has 0 aliphatic heterocycles. The van der Waals surface area contributed by atoms with E-state index in [9.17, 15) is 9.18 Å². The number of aromatic amines is 1. The van der Waals surface area contributed by atoms with Gasteiger partial charge in [-0.05, 0) is 18.2 Å². The fourth-order valence-electron chi connectivity index (χ4n) is 1.15. The number of halogens is 2. The number of hydrogen-bond acceptors (Lipinski definition) is 4. The Kier molecular flexibility index (Phi) is 3.05. The molecule has 0 bridgehead atoms. The lowest BCUT2D eigenvalue weighted by Crippen LogP contribution is -2.14. The second kappa shape index (κ2) is 4.50. The molecule has 1 aromatic carbocycles. The van der Waals surface area contributed by atoms with Crippen molar-refractivity contribution in [2.24, 2.45) is 0 Å². The standard InChI is InChI=1S/C9H7BrFN5O/c10-4-1-2-5(11)6(3-4)13-8(17)7-14-9(12)16-15-7/h1-3H,(H,13,17)(H3,12,14,15,16). The van der Waals surface area contributed by atoms with E-state index < -0.39 is 11.7 Å². The SMILES string of the molecule is Nc1n[nH]c(C(=O)Nc2cc(Br)ccc2F)n1. The molecule has 0 saturated carbocycles. The summed E-state index contributed by atoms with van der Waals surface area (Å²) < 4.78 is 14.0. The highest BCUT2D eigenvalue weighted by molar-refractivity contribution is 9.10. The molecular weight excluding hydrogens is 293 g/mol. The maximum atomic E-state index is 13.3. The monoisotopic (exact) mass is 299 g/mol. The molecular formula is C9H7BrFN5O. The minimum Gasteiger partial charge on any atom is -0.366 e. The highest BCUT2D eigenvalue weighted by Gasteiger charge is 2.13. The Balaban J connectivity index is 2.21. The van der Waals surface area contributed by atoms with Crippen LogP contribution in [0, 0.1) is 5.82 Å². The molecule has 2 rings (SSSR count). The molecule has 0 saturated heterocycles. The van der Waals surface area contributed by atoms with Gasteiger partial charge in [0.15, 0.2) is 0 Å². The Labute approximate surface area is 104 Å². The second-order valence-electron chi connectivity index (χ2n) is 3.12.